The number of allylic oxidation sites excluding steroid dienone is 1. The molecule has 7 heterocycles. The van der Waals surface area contributed by atoms with Crippen LogP contribution in [0.4, 0.5) is 17.1 Å². The Bertz CT molecular complexity index is 4020. The summed E-state index contributed by atoms with van der Waals surface area (Å²) in [5.41, 5.74) is 6.22. The number of carbonyl (C=O) groups is 5. The van der Waals surface area contributed by atoms with Gasteiger partial charge in [0, 0.05) is 105 Å². The van der Waals surface area contributed by atoms with Crippen molar-refractivity contribution in [1.29, 1.82) is 0 Å². The Morgan fingerprint density at radius 2 is 1.64 bits per heavy atom. The van der Waals surface area contributed by atoms with Crippen LogP contribution in [-0.4, -0.2) is 157 Å². The van der Waals surface area contributed by atoms with Gasteiger partial charge in [-0.3, -0.25) is 49.2 Å². The van der Waals surface area contributed by atoms with E-state index >= 15 is 0 Å². The number of nitrogens with one attached hydrogen (secondary N) is 4. The van der Waals surface area contributed by atoms with Gasteiger partial charge in [-0.05, 0) is 161 Å². The number of hydrogen-bond acceptors (Lipinski definition) is 16. The predicted octanol–water partition coefficient (Wildman–Crippen LogP) is 9.25. The highest BCUT2D eigenvalue weighted by Crippen LogP contribution is 2.44. The molecular formula is C67H72ClN11O10S. The molecule has 0 saturated carbocycles. The summed E-state index contributed by atoms with van der Waals surface area (Å²) in [5.74, 6) is 3.75. The van der Waals surface area contributed by atoms with Gasteiger partial charge in [-0.2, -0.15) is 0 Å². The minimum atomic E-state index is -4.64. The first kappa shape index (κ1) is 61.8. The number of H-pyrrole nitrogens is 1. The molecule has 0 bridgehead atoms. The highest BCUT2D eigenvalue weighted by molar-refractivity contribution is 7.90. The average molecular weight is 1260 g/mol. The maximum Gasteiger partial charge on any atom is 0.293 e. The minimum Gasteiger partial charge on any atom is -0.455 e. The molecule has 4 N–H and O–H groups in total. The molecule has 5 amide bonds. The third-order valence-corrected chi connectivity index (χ3v) is 20.2. The van der Waals surface area contributed by atoms with Crippen molar-refractivity contribution in [2.75, 3.05) is 82.2 Å². The van der Waals surface area contributed by atoms with Gasteiger partial charge >= 0.3 is 0 Å². The molecule has 4 fully saturated rings. The maximum atomic E-state index is 14.2. The number of carbonyl (C=O) groups excluding carboxylic acids is 5. The Labute approximate surface area is 527 Å². The summed E-state index contributed by atoms with van der Waals surface area (Å²) in [5, 5.41) is 19.5. The van der Waals surface area contributed by atoms with Crippen LogP contribution in [-0.2, 0) is 19.6 Å². The Kier molecular flexibility index (Phi) is 18.0. The number of imide groups is 2. The van der Waals surface area contributed by atoms with E-state index in [-0.39, 0.29) is 52.3 Å². The maximum absolute atomic E-state index is 14.2. The zero-order valence-corrected chi connectivity index (χ0v) is 52.0. The number of fused-ring (bicyclic) bond motifs is 2. The number of halogens is 1. The van der Waals surface area contributed by atoms with Crippen molar-refractivity contribution < 1.29 is 42.1 Å². The van der Waals surface area contributed by atoms with E-state index in [4.69, 9.17) is 16.3 Å². The Morgan fingerprint density at radius 1 is 0.867 bits per heavy atom. The number of amides is 5. The molecule has 0 spiro atoms. The average Bonchev–Trinajstić information content (AvgIpc) is 1.58. The summed E-state index contributed by atoms with van der Waals surface area (Å²) >= 11 is 6.28. The lowest BCUT2D eigenvalue weighted by Crippen LogP contribution is -2.54. The second kappa shape index (κ2) is 26.2. The number of pyridine rings is 1. The number of nitro groups is 1. The SMILES string of the molecule is CC1(C)CCC(CN2CCN(c3ccc(C(=O)NS(=O)(=O)c4ccc(NCC5CCN(C6CCN(CCC#Cc7cccc8c7C(=O)N(C7CCC(=O)NC7=O)C8=O)CC6)CC5)c([N+](=O)[O-])c4)c(Oc4cnc5[nH]ccc5c4)c3)CC2)=C(c2ccc(Cl)cc2)C1. The van der Waals surface area contributed by atoms with Crippen molar-refractivity contribution in [3.8, 4) is 23.3 Å². The van der Waals surface area contributed by atoms with Crippen LogP contribution in [0, 0.1) is 33.3 Å². The van der Waals surface area contributed by atoms with Gasteiger partial charge in [0.25, 0.3) is 33.4 Å². The van der Waals surface area contributed by atoms with Crippen LogP contribution >= 0.6 is 11.6 Å². The van der Waals surface area contributed by atoms with E-state index in [9.17, 15) is 42.5 Å². The van der Waals surface area contributed by atoms with E-state index in [1.807, 2.05) is 18.2 Å². The number of sulfonamides is 1. The third-order valence-electron chi connectivity index (χ3n) is 18.6. The summed E-state index contributed by atoms with van der Waals surface area (Å²) in [6, 6.07) is 24.7. The van der Waals surface area contributed by atoms with Crippen LogP contribution in [0.2, 0.25) is 5.02 Å². The number of piperazine rings is 1. The number of anilines is 2. The topological polar surface area (TPSA) is 253 Å². The van der Waals surface area contributed by atoms with Crippen LogP contribution in [0.3, 0.4) is 0 Å². The molecule has 90 heavy (non-hydrogen) atoms. The van der Waals surface area contributed by atoms with Crippen LogP contribution < -0.4 is 25.0 Å². The third kappa shape index (κ3) is 13.7. The molecule has 2 aromatic heterocycles. The fraction of sp³-hybridized carbons (Fsp3) is 0.403. The number of nitro benzene ring substituents is 1. The van der Waals surface area contributed by atoms with Gasteiger partial charge in [0.15, 0.2) is 0 Å². The molecule has 1 atom stereocenters. The second-order valence-corrected chi connectivity index (χ2v) is 27.2. The smallest absolute Gasteiger partial charge is 0.293 e. The minimum absolute atomic E-state index is 0.0441. The number of benzene rings is 4. The molecule has 1 aliphatic carbocycles. The molecule has 6 aromatic rings. The molecule has 0 radical (unpaired) electrons. The van der Waals surface area contributed by atoms with Crippen LogP contribution in [0.1, 0.15) is 120 Å². The monoisotopic (exact) mass is 1260 g/mol. The second-order valence-electron chi connectivity index (χ2n) is 25.1. The predicted molar refractivity (Wildman–Crippen MR) is 342 cm³/mol. The molecule has 21 nitrogen and oxygen atoms in total. The summed E-state index contributed by atoms with van der Waals surface area (Å²) < 4.78 is 36.6. The van der Waals surface area contributed by atoms with E-state index in [0.717, 1.165) is 124 Å². The van der Waals surface area contributed by atoms with Gasteiger partial charge in [-0.25, -0.2) is 18.1 Å². The number of likely N-dealkylation sites (tertiary alicyclic amines) is 2. The lowest BCUT2D eigenvalue weighted by molar-refractivity contribution is -0.384. The van der Waals surface area contributed by atoms with Crippen LogP contribution in [0.15, 0.2) is 114 Å². The molecule has 12 rings (SSSR count). The normalized spacial score (nSPS) is 19.8. The van der Waals surface area contributed by atoms with Crippen LogP contribution in [0.25, 0.3) is 16.6 Å². The number of hydrogen-bond donors (Lipinski definition) is 4. The van der Waals surface area contributed by atoms with Crippen molar-refractivity contribution >= 4 is 84.8 Å². The molecule has 468 valence electrons. The Hall–Kier alpha value is -8.46. The fourth-order valence-electron chi connectivity index (χ4n) is 13.5. The van der Waals surface area contributed by atoms with Crippen LogP contribution in [0.5, 0.6) is 11.5 Å². The highest BCUT2D eigenvalue weighted by Gasteiger charge is 2.45. The first-order valence-electron chi connectivity index (χ1n) is 30.9. The summed E-state index contributed by atoms with van der Waals surface area (Å²) in [6.45, 7) is 13.3. The number of ether oxygens (including phenoxy) is 1. The van der Waals surface area contributed by atoms with Gasteiger partial charge in [0.1, 0.15) is 28.9 Å². The largest absolute Gasteiger partial charge is 0.455 e. The first-order chi connectivity index (χ1) is 43.3. The quantitative estimate of drug-likeness (QED) is 0.0287. The summed E-state index contributed by atoms with van der Waals surface area (Å²) in [4.78, 5) is 94.7. The Morgan fingerprint density at radius 3 is 2.40 bits per heavy atom. The van der Waals surface area contributed by atoms with Gasteiger partial charge in [-0.1, -0.05) is 61.1 Å². The van der Waals surface area contributed by atoms with E-state index in [1.165, 1.54) is 35.0 Å². The molecule has 4 aromatic carbocycles. The van der Waals surface area contributed by atoms with Gasteiger partial charge in [0.2, 0.25) is 11.8 Å². The number of aromatic amines is 1. The van der Waals surface area contributed by atoms with E-state index < -0.39 is 61.1 Å². The van der Waals surface area contributed by atoms with Crippen molar-refractivity contribution in [1.82, 2.24) is 39.6 Å². The highest BCUT2D eigenvalue weighted by atomic mass is 35.5. The number of aromatic nitrogens is 2. The van der Waals surface area contributed by atoms with Crippen molar-refractivity contribution in [2.24, 2.45) is 11.3 Å². The molecular weight excluding hydrogens is 1190 g/mol. The lowest BCUT2D eigenvalue weighted by atomic mass is 9.72. The van der Waals surface area contributed by atoms with Crippen molar-refractivity contribution in [3.05, 3.63) is 152 Å². The first-order valence-corrected chi connectivity index (χ1v) is 32.8. The summed E-state index contributed by atoms with van der Waals surface area (Å²) in [6.07, 6.45) is 10.8. The number of nitrogens with zero attached hydrogens (tertiary/aromatic N) is 7. The standard InChI is InChI=1S/C67H72ClN11O10S/c1-67(2)25-19-47(55(39-67)44-9-11-48(68)12-10-44)42-75-32-34-77(35-33-75)50-13-15-53(59(37-50)89-51-36-46-20-26-69-62(46)71-41-51)63(81)73-90(87,88)52-14-16-56(58(38-52)79(85)86)70-40-43-21-30-76(31-22-43)49-23-28-74(29-24-49)27-4-3-6-45-7-5-8-54-61(45)66(84)78(65(54)83)57-17-18-60(80)72-64(57)82/h5,7-16,20,26,36-38,41,43,49,57,70H,4,17-19,21-25,27-35,39-40,42H2,1-2H3,(H,69,71)(H,73,81)(H,72,80,82). The molecule has 5 aliphatic heterocycles. The summed E-state index contributed by atoms with van der Waals surface area (Å²) in [7, 11) is -4.64. The number of rotatable bonds is 17. The molecule has 23 heteroatoms. The van der Waals surface area contributed by atoms with Crippen molar-refractivity contribution in [2.45, 2.75) is 95.0 Å². The van der Waals surface area contributed by atoms with Gasteiger partial charge in [0.05, 0.1) is 32.7 Å². The zero-order valence-electron chi connectivity index (χ0n) is 50.4. The van der Waals surface area contributed by atoms with E-state index in [1.54, 1.807) is 48.7 Å². The fourth-order valence-corrected chi connectivity index (χ4v) is 14.6. The van der Waals surface area contributed by atoms with Crippen molar-refractivity contribution in [3.63, 3.8) is 0 Å². The van der Waals surface area contributed by atoms with Gasteiger partial charge < -0.3 is 29.7 Å². The lowest BCUT2D eigenvalue weighted by Gasteiger charge is -2.41. The zero-order chi connectivity index (χ0) is 62.8. The molecule has 6 aliphatic rings. The van der Waals surface area contributed by atoms with E-state index in [2.05, 4.69) is 82.7 Å². The van der Waals surface area contributed by atoms with E-state index in [0.29, 0.717) is 49.1 Å². The molecule has 4 saturated heterocycles. The molecule has 1 unspecified atom stereocenters. The Balaban J connectivity index is 0.632. The number of piperidine rings is 3. The van der Waals surface area contributed by atoms with Gasteiger partial charge in [-0.15, -0.1) is 0 Å².